The minimum atomic E-state index is -4.70. The third kappa shape index (κ3) is 4.44. The number of aromatic nitrogens is 2. The monoisotopic (exact) mass is 426 g/mol. The van der Waals surface area contributed by atoms with E-state index in [0.29, 0.717) is 5.02 Å². The number of hydrazine groups is 1. The molecule has 3 rings (SSSR count). The first-order valence-corrected chi connectivity index (χ1v) is 8.45. The molecule has 0 unspecified atom stereocenters. The van der Waals surface area contributed by atoms with Gasteiger partial charge in [0, 0.05) is 22.2 Å². The van der Waals surface area contributed by atoms with E-state index < -0.39 is 24.4 Å². The summed E-state index contributed by atoms with van der Waals surface area (Å²) < 4.78 is 45.6. The minimum absolute atomic E-state index is 0.0392. The number of phenols is 1. The number of carbonyl (C=O) groups is 1. The molecule has 152 valence electrons. The number of phenolic OH excluding ortho intramolecular Hbond substituents is 1. The SMILES string of the molecule is NNC(=O)COc1ccc(-c2n[nH]c(C(F)(F)F)c2-c2ccc(Cl)cc2)c(O)c1. The van der Waals surface area contributed by atoms with Gasteiger partial charge in [-0.2, -0.15) is 18.3 Å². The number of nitrogens with two attached hydrogens (primary N) is 1. The summed E-state index contributed by atoms with van der Waals surface area (Å²) in [6.45, 7) is -0.397. The Morgan fingerprint density at radius 1 is 1.24 bits per heavy atom. The number of nitrogens with one attached hydrogen (secondary N) is 2. The second-order valence-electron chi connectivity index (χ2n) is 5.86. The van der Waals surface area contributed by atoms with E-state index in [2.05, 4.69) is 5.10 Å². The Kier molecular flexibility index (Phi) is 5.66. The third-order valence-corrected chi connectivity index (χ3v) is 4.19. The fraction of sp³-hybridized carbons (Fsp3) is 0.111. The second-order valence-corrected chi connectivity index (χ2v) is 6.30. The molecule has 11 heteroatoms. The zero-order valence-corrected chi connectivity index (χ0v) is 15.3. The second kappa shape index (κ2) is 8.02. The van der Waals surface area contributed by atoms with Gasteiger partial charge in [-0.25, -0.2) is 5.84 Å². The molecule has 1 aromatic heterocycles. The van der Waals surface area contributed by atoms with Crippen molar-refractivity contribution in [2.45, 2.75) is 6.18 Å². The quantitative estimate of drug-likeness (QED) is 0.283. The van der Waals surface area contributed by atoms with Crippen LogP contribution in [0.15, 0.2) is 42.5 Å². The highest BCUT2D eigenvalue weighted by Crippen LogP contribution is 2.43. The zero-order chi connectivity index (χ0) is 21.2. The molecule has 0 atom stereocenters. The highest BCUT2D eigenvalue weighted by Gasteiger charge is 2.38. The van der Waals surface area contributed by atoms with Crippen LogP contribution < -0.4 is 16.0 Å². The number of nitrogens with zero attached hydrogens (tertiary/aromatic N) is 1. The average Bonchev–Trinajstić information content (AvgIpc) is 3.12. The number of benzene rings is 2. The molecule has 0 bridgehead atoms. The van der Waals surface area contributed by atoms with Crippen LogP contribution in [0.5, 0.6) is 11.5 Å². The number of H-pyrrole nitrogens is 1. The first-order chi connectivity index (χ1) is 13.7. The average molecular weight is 427 g/mol. The molecule has 0 saturated carbocycles. The van der Waals surface area contributed by atoms with Crippen LogP contribution in [-0.4, -0.2) is 27.8 Å². The van der Waals surface area contributed by atoms with Crippen molar-refractivity contribution in [1.29, 1.82) is 0 Å². The number of alkyl halides is 3. The van der Waals surface area contributed by atoms with Crippen LogP contribution in [0.25, 0.3) is 22.4 Å². The molecule has 0 aliphatic heterocycles. The van der Waals surface area contributed by atoms with E-state index in [1.807, 2.05) is 10.5 Å². The van der Waals surface area contributed by atoms with Gasteiger partial charge in [0.15, 0.2) is 6.61 Å². The molecular weight excluding hydrogens is 413 g/mol. The Labute approximate surface area is 167 Å². The molecule has 1 amide bonds. The number of hydrogen-bond acceptors (Lipinski definition) is 5. The maximum Gasteiger partial charge on any atom is 0.433 e. The molecule has 3 aromatic rings. The van der Waals surface area contributed by atoms with Gasteiger partial charge >= 0.3 is 6.18 Å². The van der Waals surface area contributed by atoms with Crippen LogP contribution in [0.2, 0.25) is 5.02 Å². The maximum atomic E-state index is 13.5. The molecule has 2 aromatic carbocycles. The first-order valence-electron chi connectivity index (χ1n) is 8.08. The summed E-state index contributed by atoms with van der Waals surface area (Å²) in [5, 5.41) is 16.5. The topological polar surface area (TPSA) is 113 Å². The van der Waals surface area contributed by atoms with Crippen molar-refractivity contribution in [3.63, 3.8) is 0 Å². The van der Waals surface area contributed by atoms with E-state index in [-0.39, 0.29) is 33.9 Å². The summed E-state index contributed by atoms with van der Waals surface area (Å²) in [6, 6.07) is 9.62. The molecule has 0 saturated heterocycles. The summed E-state index contributed by atoms with van der Waals surface area (Å²) in [4.78, 5) is 11.1. The number of aromatic hydroxyl groups is 1. The molecule has 1 heterocycles. The minimum Gasteiger partial charge on any atom is -0.507 e. The van der Waals surface area contributed by atoms with E-state index in [0.717, 1.165) is 6.07 Å². The number of ether oxygens (including phenoxy) is 1. The maximum absolute atomic E-state index is 13.5. The highest BCUT2D eigenvalue weighted by molar-refractivity contribution is 6.30. The molecule has 29 heavy (non-hydrogen) atoms. The van der Waals surface area contributed by atoms with Crippen LogP contribution in [0, 0.1) is 0 Å². The van der Waals surface area contributed by atoms with Crippen LogP contribution >= 0.6 is 11.6 Å². The summed E-state index contributed by atoms with van der Waals surface area (Å²) >= 11 is 5.83. The van der Waals surface area contributed by atoms with Gasteiger partial charge in [0.25, 0.3) is 5.91 Å². The van der Waals surface area contributed by atoms with E-state index in [9.17, 15) is 23.1 Å². The highest BCUT2D eigenvalue weighted by atomic mass is 35.5. The number of halogens is 4. The van der Waals surface area contributed by atoms with Gasteiger partial charge in [-0.1, -0.05) is 23.7 Å². The first kappa shape index (κ1) is 20.5. The van der Waals surface area contributed by atoms with Crippen LogP contribution in [0.4, 0.5) is 13.2 Å². The Hall–Kier alpha value is -3.24. The molecule has 7 nitrogen and oxygen atoms in total. The fourth-order valence-corrected chi connectivity index (χ4v) is 2.76. The number of amides is 1. The van der Waals surface area contributed by atoms with Gasteiger partial charge in [0.1, 0.15) is 22.9 Å². The lowest BCUT2D eigenvalue weighted by molar-refractivity contribution is -0.140. The van der Waals surface area contributed by atoms with Crippen LogP contribution in [0.1, 0.15) is 5.69 Å². The van der Waals surface area contributed by atoms with Gasteiger partial charge < -0.3 is 9.84 Å². The standard InChI is InChI=1S/C18H14ClF3N4O3/c19-10-3-1-9(2-4-10)15-16(25-26-17(15)18(20,21)22)12-6-5-11(7-13(12)27)29-8-14(28)24-23/h1-7,27H,8,23H2,(H,24,28)(H,25,26). The summed E-state index contributed by atoms with van der Waals surface area (Å²) in [5.41, 5.74) is 0.725. The summed E-state index contributed by atoms with van der Waals surface area (Å²) in [5.74, 6) is 4.08. The van der Waals surface area contributed by atoms with Gasteiger partial charge in [0.05, 0.1) is 0 Å². The molecule has 5 N–H and O–H groups in total. The van der Waals surface area contributed by atoms with Gasteiger partial charge in [0.2, 0.25) is 0 Å². The summed E-state index contributed by atoms with van der Waals surface area (Å²) in [6.07, 6.45) is -4.70. The van der Waals surface area contributed by atoms with Crippen molar-refractivity contribution >= 4 is 17.5 Å². The lowest BCUT2D eigenvalue weighted by atomic mass is 9.98. The molecule has 0 aliphatic rings. The molecule has 0 fully saturated rings. The molecule has 0 spiro atoms. The summed E-state index contributed by atoms with van der Waals surface area (Å²) in [7, 11) is 0. The van der Waals surface area contributed by atoms with Crippen molar-refractivity contribution in [3.05, 3.63) is 53.2 Å². The van der Waals surface area contributed by atoms with Crippen molar-refractivity contribution in [2.75, 3.05) is 6.61 Å². The number of rotatable bonds is 5. The predicted octanol–water partition coefficient (Wildman–Crippen LogP) is 3.49. The lowest BCUT2D eigenvalue weighted by Crippen LogP contribution is -2.34. The molecule has 0 radical (unpaired) electrons. The van der Waals surface area contributed by atoms with Crippen LogP contribution in [0.3, 0.4) is 0 Å². The Bertz CT molecular complexity index is 1040. The predicted molar refractivity (Wildman–Crippen MR) is 99.0 cm³/mol. The third-order valence-electron chi connectivity index (χ3n) is 3.94. The van der Waals surface area contributed by atoms with Gasteiger partial charge in [-0.05, 0) is 29.8 Å². The number of carbonyl (C=O) groups excluding carboxylic acids is 1. The molecule has 0 aliphatic carbocycles. The van der Waals surface area contributed by atoms with Crippen molar-refractivity contribution in [3.8, 4) is 33.9 Å². The Morgan fingerprint density at radius 2 is 1.93 bits per heavy atom. The Balaban J connectivity index is 2.06. The Morgan fingerprint density at radius 3 is 2.52 bits per heavy atom. The largest absolute Gasteiger partial charge is 0.507 e. The smallest absolute Gasteiger partial charge is 0.433 e. The van der Waals surface area contributed by atoms with E-state index in [1.54, 1.807) is 0 Å². The number of aromatic amines is 1. The molecular formula is C18H14ClF3N4O3. The fourth-order valence-electron chi connectivity index (χ4n) is 2.63. The number of hydrogen-bond donors (Lipinski definition) is 4. The van der Waals surface area contributed by atoms with Gasteiger partial charge in [-0.3, -0.25) is 15.3 Å². The van der Waals surface area contributed by atoms with E-state index >= 15 is 0 Å². The lowest BCUT2D eigenvalue weighted by Gasteiger charge is -2.11. The van der Waals surface area contributed by atoms with Crippen molar-refractivity contribution < 1.29 is 27.8 Å². The van der Waals surface area contributed by atoms with E-state index in [4.69, 9.17) is 22.2 Å². The normalized spacial score (nSPS) is 11.3. The van der Waals surface area contributed by atoms with Crippen molar-refractivity contribution in [1.82, 2.24) is 15.6 Å². The van der Waals surface area contributed by atoms with E-state index in [1.165, 1.54) is 36.4 Å². The van der Waals surface area contributed by atoms with Crippen LogP contribution in [-0.2, 0) is 11.0 Å². The van der Waals surface area contributed by atoms with Crippen molar-refractivity contribution in [2.24, 2.45) is 5.84 Å². The zero-order valence-electron chi connectivity index (χ0n) is 14.5. The van der Waals surface area contributed by atoms with Gasteiger partial charge in [-0.15, -0.1) is 0 Å².